The minimum absolute atomic E-state index is 0.0712. The number of carbonyl (C=O) groups excluding carboxylic acids is 1. The van der Waals surface area contributed by atoms with E-state index in [0.717, 1.165) is 25.9 Å². The molecule has 0 unspecified atom stereocenters. The number of aromatic nitrogens is 2. The molecule has 0 atom stereocenters. The summed E-state index contributed by atoms with van der Waals surface area (Å²) in [5.74, 6) is -0.0712. The molecule has 0 saturated carbocycles. The fraction of sp³-hybridized carbons (Fsp3) is 0.438. The predicted molar refractivity (Wildman–Crippen MR) is 85.0 cm³/mol. The van der Waals surface area contributed by atoms with Gasteiger partial charge in [0, 0.05) is 23.2 Å². The normalized spacial score (nSPS) is 16.0. The van der Waals surface area contributed by atoms with Gasteiger partial charge in [0.05, 0.1) is 0 Å². The molecule has 0 bridgehead atoms. The molecule has 1 amide bonds. The van der Waals surface area contributed by atoms with Gasteiger partial charge in [0.25, 0.3) is 5.91 Å². The Morgan fingerprint density at radius 2 is 1.95 bits per heavy atom. The minimum Gasteiger partial charge on any atom is -0.337 e. The summed E-state index contributed by atoms with van der Waals surface area (Å²) in [6.07, 6.45) is 1.99. The van der Waals surface area contributed by atoms with Crippen molar-refractivity contribution in [2.45, 2.75) is 36.8 Å². The van der Waals surface area contributed by atoms with Crippen molar-refractivity contribution in [2.75, 3.05) is 13.1 Å². The van der Waals surface area contributed by atoms with Gasteiger partial charge in [-0.15, -0.1) is 11.8 Å². The van der Waals surface area contributed by atoms with Crippen LogP contribution in [-0.4, -0.2) is 39.5 Å². The van der Waals surface area contributed by atoms with E-state index in [9.17, 15) is 4.79 Å². The molecule has 1 aromatic carbocycles. The maximum absolute atomic E-state index is 12.4. The van der Waals surface area contributed by atoms with E-state index in [4.69, 9.17) is 0 Å². The number of hydrogen-bond donors (Lipinski definition) is 0. The largest absolute Gasteiger partial charge is 0.337 e. The van der Waals surface area contributed by atoms with E-state index in [-0.39, 0.29) is 5.91 Å². The molecule has 2 aromatic rings. The van der Waals surface area contributed by atoms with Gasteiger partial charge in [-0.25, -0.2) is 4.63 Å². The fourth-order valence-corrected chi connectivity index (χ4v) is 3.84. The molecule has 1 aliphatic heterocycles. The third-order valence-electron chi connectivity index (χ3n) is 3.97. The number of carbonyl (C=O) groups is 1. The van der Waals surface area contributed by atoms with Crippen molar-refractivity contribution in [3.05, 3.63) is 41.2 Å². The maximum Gasteiger partial charge on any atom is 0.278 e. The van der Waals surface area contributed by atoms with Crippen molar-refractivity contribution in [1.82, 2.24) is 15.2 Å². The van der Waals surface area contributed by atoms with Crippen LogP contribution < -0.4 is 0 Å². The summed E-state index contributed by atoms with van der Waals surface area (Å²) in [5.41, 5.74) is 2.21. The van der Waals surface area contributed by atoms with Gasteiger partial charge in [-0.3, -0.25) is 4.79 Å². The van der Waals surface area contributed by atoms with Crippen LogP contribution in [0.5, 0.6) is 0 Å². The number of benzene rings is 1. The second-order valence-electron chi connectivity index (χ2n) is 5.57. The average molecular weight is 317 g/mol. The van der Waals surface area contributed by atoms with Gasteiger partial charge in [-0.05, 0) is 43.5 Å². The number of thioether (sulfide) groups is 1. The number of nitrogens with zero attached hydrogens (tertiary/aromatic N) is 3. The second kappa shape index (κ2) is 6.52. The predicted octanol–water partition coefficient (Wildman–Crippen LogP) is 3.08. The monoisotopic (exact) mass is 317 g/mol. The molecule has 0 N–H and O–H groups in total. The Labute approximate surface area is 134 Å². The Balaban J connectivity index is 1.58. The Morgan fingerprint density at radius 1 is 1.23 bits per heavy atom. The van der Waals surface area contributed by atoms with Crippen LogP contribution in [0.2, 0.25) is 0 Å². The highest BCUT2D eigenvalue weighted by molar-refractivity contribution is 8.00. The van der Waals surface area contributed by atoms with Crippen LogP contribution >= 0.6 is 11.8 Å². The number of amides is 1. The van der Waals surface area contributed by atoms with Crippen molar-refractivity contribution < 1.29 is 9.42 Å². The smallest absolute Gasteiger partial charge is 0.278 e. The van der Waals surface area contributed by atoms with E-state index in [1.807, 2.05) is 16.7 Å². The van der Waals surface area contributed by atoms with Gasteiger partial charge in [-0.1, -0.05) is 23.4 Å². The van der Waals surface area contributed by atoms with Gasteiger partial charge >= 0.3 is 0 Å². The number of likely N-dealkylation sites (tertiary alicyclic amines) is 1. The van der Waals surface area contributed by atoms with E-state index < -0.39 is 0 Å². The highest BCUT2D eigenvalue weighted by atomic mass is 32.2. The lowest BCUT2D eigenvalue weighted by Gasteiger charge is -2.31. The van der Waals surface area contributed by atoms with E-state index in [1.54, 1.807) is 6.92 Å². The van der Waals surface area contributed by atoms with Gasteiger partial charge < -0.3 is 4.90 Å². The van der Waals surface area contributed by atoms with E-state index in [1.165, 1.54) is 10.5 Å². The first-order valence-corrected chi connectivity index (χ1v) is 8.34. The zero-order valence-corrected chi connectivity index (χ0v) is 13.6. The molecule has 1 fully saturated rings. The molecule has 0 spiro atoms. The van der Waals surface area contributed by atoms with Crippen LogP contribution in [0.3, 0.4) is 0 Å². The van der Waals surface area contributed by atoms with Gasteiger partial charge in [0.2, 0.25) is 0 Å². The third kappa shape index (κ3) is 3.16. The molecular weight excluding hydrogens is 298 g/mol. The number of piperidine rings is 1. The molecule has 116 valence electrons. The Morgan fingerprint density at radius 3 is 2.59 bits per heavy atom. The standard InChI is InChI=1S/C16H19N3O2S/c1-11-5-3-4-6-14(11)22-13-7-9-19(10-8-13)16(20)15-12(2)17-21-18-15/h3-6,13H,7-10H2,1-2H3. The third-order valence-corrected chi connectivity index (χ3v) is 5.49. The summed E-state index contributed by atoms with van der Waals surface area (Å²) in [6, 6.07) is 8.45. The number of hydrogen-bond acceptors (Lipinski definition) is 5. The first-order valence-electron chi connectivity index (χ1n) is 7.46. The quantitative estimate of drug-likeness (QED) is 0.870. The molecule has 0 aliphatic carbocycles. The van der Waals surface area contributed by atoms with Crippen LogP contribution in [0.4, 0.5) is 0 Å². The lowest BCUT2D eigenvalue weighted by Crippen LogP contribution is -2.39. The fourth-order valence-electron chi connectivity index (χ4n) is 2.62. The molecule has 22 heavy (non-hydrogen) atoms. The highest BCUT2D eigenvalue weighted by Gasteiger charge is 2.27. The lowest BCUT2D eigenvalue weighted by atomic mass is 10.1. The van der Waals surface area contributed by atoms with Crippen LogP contribution in [0, 0.1) is 13.8 Å². The van der Waals surface area contributed by atoms with Crippen molar-refractivity contribution in [3.8, 4) is 0 Å². The summed E-state index contributed by atoms with van der Waals surface area (Å²) in [5, 5.41) is 7.94. The summed E-state index contributed by atoms with van der Waals surface area (Å²) >= 11 is 1.92. The maximum atomic E-state index is 12.4. The molecule has 1 aromatic heterocycles. The van der Waals surface area contributed by atoms with Crippen molar-refractivity contribution in [2.24, 2.45) is 0 Å². The molecule has 6 heteroatoms. The summed E-state index contributed by atoms with van der Waals surface area (Å²) in [7, 11) is 0. The first kappa shape index (κ1) is 15.1. The van der Waals surface area contributed by atoms with Crippen LogP contribution in [0.15, 0.2) is 33.8 Å². The summed E-state index contributed by atoms with van der Waals surface area (Å²) in [6.45, 7) is 5.40. The molecule has 5 nitrogen and oxygen atoms in total. The Bertz CT molecular complexity index is 663. The van der Waals surface area contributed by atoms with Crippen molar-refractivity contribution in [3.63, 3.8) is 0 Å². The van der Waals surface area contributed by atoms with Gasteiger partial charge in [0.15, 0.2) is 5.69 Å². The van der Waals surface area contributed by atoms with E-state index in [2.05, 4.69) is 46.1 Å². The van der Waals surface area contributed by atoms with Crippen molar-refractivity contribution in [1.29, 1.82) is 0 Å². The molecule has 2 heterocycles. The second-order valence-corrected chi connectivity index (χ2v) is 6.92. The number of aryl methyl sites for hydroxylation is 2. The minimum atomic E-state index is -0.0712. The summed E-state index contributed by atoms with van der Waals surface area (Å²) < 4.78 is 4.62. The lowest BCUT2D eigenvalue weighted by molar-refractivity contribution is 0.0715. The molecular formula is C16H19N3O2S. The average Bonchev–Trinajstić information content (AvgIpc) is 2.96. The molecule has 0 radical (unpaired) electrons. The first-order chi connectivity index (χ1) is 10.6. The SMILES string of the molecule is Cc1ccccc1SC1CCN(C(=O)c2nonc2C)CC1. The summed E-state index contributed by atoms with van der Waals surface area (Å²) in [4.78, 5) is 15.5. The number of rotatable bonds is 3. The Kier molecular flexibility index (Phi) is 4.47. The van der Waals surface area contributed by atoms with Gasteiger partial charge in [0.1, 0.15) is 5.69 Å². The van der Waals surface area contributed by atoms with Gasteiger partial charge in [-0.2, -0.15) is 0 Å². The highest BCUT2D eigenvalue weighted by Crippen LogP contribution is 2.32. The molecule has 3 rings (SSSR count). The van der Waals surface area contributed by atoms with E-state index in [0.29, 0.717) is 16.6 Å². The van der Waals surface area contributed by atoms with E-state index >= 15 is 0 Å². The Hall–Kier alpha value is -1.82. The zero-order chi connectivity index (χ0) is 15.5. The molecule has 1 aliphatic rings. The topological polar surface area (TPSA) is 59.2 Å². The molecule has 1 saturated heterocycles. The zero-order valence-electron chi connectivity index (χ0n) is 12.8. The van der Waals surface area contributed by atoms with Crippen molar-refractivity contribution >= 4 is 17.7 Å². The van der Waals surface area contributed by atoms with Crippen LogP contribution in [0.1, 0.15) is 34.6 Å². The van der Waals surface area contributed by atoms with Crippen LogP contribution in [0.25, 0.3) is 0 Å². The van der Waals surface area contributed by atoms with Crippen LogP contribution in [-0.2, 0) is 0 Å².